The van der Waals surface area contributed by atoms with E-state index < -0.39 is 11.9 Å². The molecular formula is C14H14N2O4. The molecule has 1 aromatic heterocycles. The van der Waals surface area contributed by atoms with Gasteiger partial charge in [-0.05, 0) is 24.3 Å². The third-order valence-electron chi connectivity index (χ3n) is 2.73. The Hall–Kier alpha value is -2.63. The number of carboxylic acid groups (broad SMARTS) is 1. The number of aromatic nitrogens is 1. The topological polar surface area (TPSA) is 79.7 Å². The molecule has 0 atom stereocenters. The molecule has 20 heavy (non-hydrogen) atoms. The van der Waals surface area contributed by atoms with Crippen LogP contribution in [0.2, 0.25) is 0 Å². The molecule has 0 saturated heterocycles. The number of carbonyl (C=O) groups excluding carboxylic acids is 1. The van der Waals surface area contributed by atoms with E-state index in [0.717, 1.165) is 15.8 Å². The predicted molar refractivity (Wildman–Crippen MR) is 72.5 cm³/mol. The number of likely N-dealkylation sites (N-methyl/N-ethyl adjacent to an activating group) is 1. The highest BCUT2D eigenvalue weighted by Gasteiger charge is 2.12. The summed E-state index contributed by atoms with van der Waals surface area (Å²) < 4.78 is 5.37. The van der Waals surface area contributed by atoms with Crippen molar-refractivity contribution in [2.75, 3.05) is 20.2 Å². The summed E-state index contributed by atoms with van der Waals surface area (Å²) in [4.78, 5) is 27.4. The molecule has 6 heteroatoms. The number of carbonyl (C=O) groups is 2. The van der Waals surface area contributed by atoms with Gasteiger partial charge < -0.3 is 14.7 Å². The number of pyridine rings is 1. The lowest BCUT2D eigenvalue weighted by atomic mass is 10.2. The summed E-state index contributed by atoms with van der Waals surface area (Å²) in [5.41, 5.74) is 0.842. The largest absolute Gasteiger partial charge is 0.484 e. The highest BCUT2D eigenvalue weighted by molar-refractivity contribution is 5.82. The highest BCUT2D eigenvalue weighted by atomic mass is 16.5. The molecule has 1 aromatic carbocycles. The Bertz CT molecular complexity index is 642. The van der Waals surface area contributed by atoms with Gasteiger partial charge in [0.15, 0.2) is 6.61 Å². The van der Waals surface area contributed by atoms with Gasteiger partial charge in [-0.1, -0.05) is 6.07 Å². The molecule has 0 saturated carbocycles. The molecule has 0 fully saturated rings. The first-order valence-corrected chi connectivity index (χ1v) is 5.99. The maximum absolute atomic E-state index is 11.6. The second-order valence-electron chi connectivity index (χ2n) is 4.29. The average Bonchev–Trinajstić information content (AvgIpc) is 2.43. The first kappa shape index (κ1) is 13.8. The van der Waals surface area contributed by atoms with E-state index in [4.69, 9.17) is 9.84 Å². The molecule has 0 aliphatic rings. The summed E-state index contributed by atoms with van der Waals surface area (Å²) in [5, 5.41) is 9.51. The van der Waals surface area contributed by atoms with Crippen LogP contribution in [0.3, 0.4) is 0 Å². The van der Waals surface area contributed by atoms with Crippen molar-refractivity contribution in [1.82, 2.24) is 9.88 Å². The van der Waals surface area contributed by atoms with Gasteiger partial charge in [0.25, 0.3) is 5.91 Å². The molecule has 1 N–H and O–H groups in total. The Morgan fingerprint density at radius 1 is 1.35 bits per heavy atom. The van der Waals surface area contributed by atoms with Gasteiger partial charge in [-0.2, -0.15) is 0 Å². The molecule has 0 spiro atoms. The van der Waals surface area contributed by atoms with E-state index in [2.05, 4.69) is 4.98 Å². The summed E-state index contributed by atoms with van der Waals surface area (Å²) >= 11 is 0. The summed E-state index contributed by atoms with van der Waals surface area (Å²) in [6.07, 6.45) is 1.70. The zero-order valence-electron chi connectivity index (χ0n) is 10.9. The Morgan fingerprint density at radius 2 is 2.15 bits per heavy atom. The number of nitrogens with zero attached hydrogens (tertiary/aromatic N) is 2. The van der Waals surface area contributed by atoms with Crippen LogP contribution < -0.4 is 4.74 Å². The lowest BCUT2D eigenvalue weighted by Crippen LogP contribution is -2.35. The summed E-state index contributed by atoms with van der Waals surface area (Å²) in [7, 11) is 1.42. The fourth-order valence-electron chi connectivity index (χ4n) is 1.69. The van der Waals surface area contributed by atoms with Gasteiger partial charge in [-0.3, -0.25) is 14.6 Å². The molecule has 1 heterocycles. The van der Waals surface area contributed by atoms with Gasteiger partial charge in [0.05, 0.1) is 5.52 Å². The van der Waals surface area contributed by atoms with Gasteiger partial charge in [-0.25, -0.2) is 0 Å². The lowest BCUT2D eigenvalue weighted by molar-refractivity contribution is -0.144. The fraction of sp³-hybridized carbons (Fsp3) is 0.214. The summed E-state index contributed by atoms with van der Waals surface area (Å²) in [6.45, 7) is -0.542. The third-order valence-corrected chi connectivity index (χ3v) is 2.73. The lowest BCUT2D eigenvalue weighted by Gasteiger charge is -2.15. The zero-order valence-corrected chi connectivity index (χ0v) is 10.9. The van der Waals surface area contributed by atoms with Gasteiger partial charge in [0, 0.05) is 18.6 Å². The highest BCUT2D eigenvalue weighted by Crippen LogP contribution is 2.18. The molecule has 0 aliphatic heterocycles. The predicted octanol–water partition coefficient (Wildman–Crippen LogP) is 1.16. The van der Waals surface area contributed by atoms with Crippen LogP contribution in [0.1, 0.15) is 0 Å². The number of benzene rings is 1. The van der Waals surface area contributed by atoms with Gasteiger partial charge in [0.1, 0.15) is 12.3 Å². The smallest absolute Gasteiger partial charge is 0.323 e. The maximum Gasteiger partial charge on any atom is 0.323 e. The second kappa shape index (κ2) is 6.01. The van der Waals surface area contributed by atoms with Crippen LogP contribution in [-0.4, -0.2) is 47.1 Å². The monoisotopic (exact) mass is 274 g/mol. The molecule has 0 aliphatic carbocycles. The molecular weight excluding hydrogens is 260 g/mol. The van der Waals surface area contributed by atoms with E-state index in [9.17, 15) is 9.59 Å². The zero-order chi connectivity index (χ0) is 14.5. The number of ether oxygens (including phenoxy) is 1. The normalized spacial score (nSPS) is 10.2. The maximum atomic E-state index is 11.6. The molecule has 0 radical (unpaired) electrons. The SMILES string of the molecule is CN(CC(=O)O)C(=O)COc1ccc2ncccc2c1. The van der Waals surface area contributed by atoms with Crippen molar-refractivity contribution in [2.45, 2.75) is 0 Å². The van der Waals surface area contributed by atoms with E-state index in [1.165, 1.54) is 7.05 Å². The van der Waals surface area contributed by atoms with Crippen molar-refractivity contribution in [3.05, 3.63) is 36.5 Å². The van der Waals surface area contributed by atoms with Crippen LogP contribution in [0.4, 0.5) is 0 Å². The average molecular weight is 274 g/mol. The molecule has 2 rings (SSSR count). The van der Waals surface area contributed by atoms with E-state index in [-0.39, 0.29) is 13.2 Å². The van der Waals surface area contributed by atoms with Crippen molar-refractivity contribution in [3.8, 4) is 5.75 Å². The number of hydrogen-bond donors (Lipinski definition) is 1. The quantitative estimate of drug-likeness (QED) is 0.885. The van der Waals surface area contributed by atoms with Crippen LogP contribution in [0.25, 0.3) is 10.9 Å². The Kier molecular flexibility index (Phi) is 4.14. The fourth-order valence-corrected chi connectivity index (χ4v) is 1.69. The van der Waals surface area contributed by atoms with Crippen LogP contribution in [0, 0.1) is 0 Å². The molecule has 0 unspecified atom stereocenters. The minimum absolute atomic E-state index is 0.199. The van der Waals surface area contributed by atoms with Crippen LogP contribution in [0.5, 0.6) is 5.75 Å². The van der Waals surface area contributed by atoms with Crippen molar-refractivity contribution in [3.63, 3.8) is 0 Å². The second-order valence-corrected chi connectivity index (χ2v) is 4.29. The Morgan fingerprint density at radius 3 is 2.90 bits per heavy atom. The first-order chi connectivity index (χ1) is 9.56. The number of aliphatic carboxylic acids is 1. The van der Waals surface area contributed by atoms with Crippen molar-refractivity contribution < 1.29 is 19.4 Å². The van der Waals surface area contributed by atoms with Crippen LogP contribution >= 0.6 is 0 Å². The van der Waals surface area contributed by atoms with Gasteiger partial charge >= 0.3 is 5.97 Å². The van der Waals surface area contributed by atoms with Crippen LogP contribution in [-0.2, 0) is 9.59 Å². The number of fused-ring (bicyclic) bond motifs is 1. The Balaban J connectivity index is 1.98. The van der Waals surface area contributed by atoms with E-state index in [1.54, 1.807) is 24.4 Å². The minimum atomic E-state index is -1.06. The van der Waals surface area contributed by atoms with Crippen LogP contribution in [0.15, 0.2) is 36.5 Å². The van der Waals surface area contributed by atoms with Crippen molar-refractivity contribution in [2.24, 2.45) is 0 Å². The standard InChI is InChI=1S/C14H14N2O4/c1-16(8-14(18)19)13(17)9-20-11-4-5-12-10(7-11)3-2-6-15-12/h2-7H,8-9H2,1H3,(H,18,19). The summed E-state index contributed by atoms with van der Waals surface area (Å²) in [6, 6.07) is 9.02. The molecule has 6 nitrogen and oxygen atoms in total. The number of hydrogen-bond acceptors (Lipinski definition) is 4. The van der Waals surface area contributed by atoms with Crippen molar-refractivity contribution in [1.29, 1.82) is 0 Å². The third kappa shape index (κ3) is 3.44. The summed E-state index contributed by atoms with van der Waals surface area (Å²) in [5.74, 6) is -0.904. The minimum Gasteiger partial charge on any atom is -0.484 e. The van der Waals surface area contributed by atoms with Gasteiger partial charge in [0.2, 0.25) is 0 Å². The van der Waals surface area contributed by atoms with Crippen molar-refractivity contribution >= 4 is 22.8 Å². The molecule has 2 aromatic rings. The van der Waals surface area contributed by atoms with E-state index in [1.807, 2.05) is 12.1 Å². The number of carboxylic acids is 1. The Labute approximate surface area is 115 Å². The molecule has 1 amide bonds. The number of rotatable bonds is 5. The molecule has 104 valence electrons. The number of amides is 1. The molecule has 0 bridgehead atoms. The van der Waals surface area contributed by atoms with E-state index >= 15 is 0 Å². The van der Waals surface area contributed by atoms with E-state index in [0.29, 0.717) is 5.75 Å². The first-order valence-electron chi connectivity index (χ1n) is 5.99. The van der Waals surface area contributed by atoms with Gasteiger partial charge in [-0.15, -0.1) is 0 Å².